The van der Waals surface area contributed by atoms with Crippen LogP contribution in [0.3, 0.4) is 0 Å². The number of nitrogens with one attached hydrogen (secondary N) is 2. The molecule has 5 nitrogen and oxygen atoms in total. The Kier molecular flexibility index (Phi) is 5.73. The molecule has 3 aromatic rings. The molecule has 5 rings (SSSR count). The lowest BCUT2D eigenvalue weighted by molar-refractivity contribution is -0.116. The fraction of sp³-hybridized carbons (Fsp3) is 0.222. The van der Waals surface area contributed by atoms with Gasteiger partial charge in [-0.15, -0.1) is 0 Å². The SMILES string of the molecule is COc1ccc(C2CC(=O)C3=C(C2)Nc2ccccc2NC3c2cccc(Cl)c2)cc1OC. The topological polar surface area (TPSA) is 59.6 Å². The Labute approximate surface area is 198 Å². The van der Waals surface area contributed by atoms with E-state index in [1.165, 1.54) is 0 Å². The van der Waals surface area contributed by atoms with Gasteiger partial charge in [-0.3, -0.25) is 4.79 Å². The predicted octanol–water partition coefficient (Wildman–Crippen LogP) is 6.34. The molecule has 6 heteroatoms. The molecular formula is C27H25ClN2O3. The van der Waals surface area contributed by atoms with E-state index in [-0.39, 0.29) is 17.7 Å². The van der Waals surface area contributed by atoms with E-state index >= 15 is 0 Å². The second kappa shape index (κ2) is 8.83. The Morgan fingerprint density at radius 3 is 2.39 bits per heavy atom. The maximum absolute atomic E-state index is 13.6. The van der Waals surface area contributed by atoms with E-state index in [4.69, 9.17) is 21.1 Å². The number of Topliss-reactive ketones (excluding diaryl/α,β-unsaturated/α-hetero) is 1. The zero-order valence-electron chi connectivity index (χ0n) is 18.5. The molecule has 2 unspecified atom stereocenters. The monoisotopic (exact) mass is 460 g/mol. The number of methoxy groups -OCH3 is 2. The largest absolute Gasteiger partial charge is 0.493 e. The highest BCUT2D eigenvalue weighted by atomic mass is 35.5. The first-order chi connectivity index (χ1) is 16.1. The van der Waals surface area contributed by atoms with E-state index in [1.807, 2.05) is 66.7 Å². The van der Waals surface area contributed by atoms with Gasteiger partial charge < -0.3 is 20.1 Å². The first kappa shape index (κ1) is 21.4. The van der Waals surface area contributed by atoms with E-state index in [2.05, 4.69) is 10.6 Å². The Bertz CT molecular complexity index is 1250. The molecule has 0 radical (unpaired) electrons. The number of carbonyl (C=O) groups is 1. The van der Waals surface area contributed by atoms with Crippen molar-refractivity contribution in [2.24, 2.45) is 0 Å². The van der Waals surface area contributed by atoms with Gasteiger partial charge in [0.05, 0.1) is 31.6 Å². The molecular weight excluding hydrogens is 436 g/mol. The Morgan fingerprint density at radius 2 is 1.64 bits per heavy atom. The number of benzene rings is 3. The molecule has 1 heterocycles. The number of carbonyl (C=O) groups excluding carboxylic acids is 1. The lowest BCUT2D eigenvalue weighted by atomic mass is 9.78. The van der Waals surface area contributed by atoms with E-state index in [0.29, 0.717) is 29.4 Å². The molecule has 2 N–H and O–H groups in total. The van der Waals surface area contributed by atoms with Crippen LogP contribution in [0.2, 0.25) is 5.02 Å². The predicted molar refractivity (Wildman–Crippen MR) is 131 cm³/mol. The van der Waals surface area contributed by atoms with E-state index < -0.39 is 0 Å². The van der Waals surface area contributed by atoms with Gasteiger partial charge in [0.25, 0.3) is 0 Å². The van der Waals surface area contributed by atoms with Crippen molar-refractivity contribution in [3.05, 3.63) is 94.1 Å². The summed E-state index contributed by atoms with van der Waals surface area (Å²) in [6.45, 7) is 0. The minimum Gasteiger partial charge on any atom is -0.493 e. The Morgan fingerprint density at radius 1 is 0.848 bits per heavy atom. The normalized spacial score (nSPS) is 19.5. The summed E-state index contributed by atoms with van der Waals surface area (Å²) in [5.41, 5.74) is 5.63. The summed E-state index contributed by atoms with van der Waals surface area (Å²) in [5.74, 6) is 1.50. The van der Waals surface area contributed by atoms with Crippen molar-refractivity contribution in [1.82, 2.24) is 0 Å². The van der Waals surface area contributed by atoms with Crippen molar-refractivity contribution < 1.29 is 14.3 Å². The molecule has 0 amide bonds. The van der Waals surface area contributed by atoms with Crippen molar-refractivity contribution >= 4 is 28.8 Å². The standard InChI is InChI=1S/C27H25ClN2O3/c1-32-24-11-10-16(15-25(24)33-2)18-13-22-26(23(31)14-18)27(17-6-5-7-19(28)12-17)30-21-9-4-3-8-20(21)29-22/h3-12,15,18,27,29-30H,13-14H2,1-2H3. The van der Waals surface area contributed by atoms with Crippen LogP contribution < -0.4 is 20.1 Å². The average Bonchev–Trinajstić information content (AvgIpc) is 3.00. The van der Waals surface area contributed by atoms with Crippen molar-refractivity contribution in [3.8, 4) is 11.5 Å². The number of allylic oxidation sites excluding steroid dienone is 1. The molecule has 168 valence electrons. The fourth-order valence-electron chi connectivity index (χ4n) is 4.77. The van der Waals surface area contributed by atoms with Crippen LogP contribution in [-0.2, 0) is 4.79 Å². The molecule has 0 saturated carbocycles. The molecule has 33 heavy (non-hydrogen) atoms. The summed E-state index contributed by atoms with van der Waals surface area (Å²) >= 11 is 6.31. The molecule has 2 aliphatic rings. The number of ketones is 1. The average molecular weight is 461 g/mol. The van der Waals surface area contributed by atoms with Crippen LogP contribution in [0.5, 0.6) is 11.5 Å². The third kappa shape index (κ3) is 4.05. The molecule has 1 aliphatic heterocycles. The van der Waals surface area contributed by atoms with Crippen LogP contribution in [0.1, 0.15) is 35.9 Å². The maximum atomic E-state index is 13.6. The zero-order chi connectivity index (χ0) is 22.9. The lowest BCUT2D eigenvalue weighted by Crippen LogP contribution is -2.26. The van der Waals surface area contributed by atoms with Gasteiger partial charge in [-0.1, -0.05) is 41.9 Å². The second-order valence-corrected chi connectivity index (χ2v) is 8.77. The van der Waals surface area contributed by atoms with Crippen LogP contribution in [0, 0.1) is 0 Å². The molecule has 2 atom stereocenters. The summed E-state index contributed by atoms with van der Waals surface area (Å²) in [5, 5.41) is 7.80. The van der Waals surface area contributed by atoms with Crippen LogP contribution in [0.15, 0.2) is 78.0 Å². The van der Waals surface area contributed by atoms with E-state index in [9.17, 15) is 4.79 Å². The summed E-state index contributed by atoms with van der Waals surface area (Å²) in [6.07, 6.45) is 1.13. The summed E-state index contributed by atoms with van der Waals surface area (Å²) < 4.78 is 10.9. The fourth-order valence-corrected chi connectivity index (χ4v) is 4.97. The molecule has 0 aromatic heterocycles. The van der Waals surface area contributed by atoms with E-state index in [0.717, 1.165) is 33.8 Å². The number of anilines is 2. The van der Waals surface area contributed by atoms with Crippen LogP contribution in [0.4, 0.5) is 11.4 Å². The highest BCUT2D eigenvalue weighted by molar-refractivity contribution is 6.30. The first-order valence-corrected chi connectivity index (χ1v) is 11.3. The number of rotatable bonds is 4. The first-order valence-electron chi connectivity index (χ1n) is 10.9. The van der Waals surface area contributed by atoms with Crippen molar-refractivity contribution in [1.29, 1.82) is 0 Å². The van der Waals surface area contributed by atoms with Crippen LogP contribution in [0.25, 0.3) is 0 Å². The Balaban J connectivity index is 1.58. The van der Waals surface area contributed by atoms with Crippen LogP contribution >= 0.6 is 11.6 Å². The lowest BCUT2D eigenvalue weighted by Gasteiger charge is -2.30. The van der Waals surface area contributed by atoms with Gasteiger partial charge in [0.1, 0.15) is 0 Å². The molecule has 1 aliphatic carbocycles. The molecule has 0 saturated heterocycles. The summed E-state index contributed by atoms with van der Waals surface area (Å²) in [4.78, 5) is 13.6. The third-order valence-corrected chi connectivity index (χ3v) is 6.61. The molecule has 0 bridgehead atoms. The summed E-state index contributed by atoms with van der Waals surface area (Å²) in [6, 6.07) is 21.3. The zero-order valence-corrected chi connectivity index (χ0v) is 19.3. The van der Waals surface area contributed by atoms with Gasteiger partial charge >= 0.3 is 0 Å². The number of hydrogen-bond acceptors (Lipinski definition) is 5. The second-order valence-electron chi connectivity index (χ2n) is 8.34. The molecule has 3 aromatic carbocycles. The minimum absolute atomic E-state index is 0.0360. The van der Waals surface area contributed by atoms with Crippen molar-refractivity contribution in [2.45, 2.75) is 24.8 Å². The van der Waals surface area contributed by atoms with Crippen molar-refractivity contribution in [3.63, 3.8) is 0 Å². The highest BCUT2D eigenvalue weighted by Crippen LogP contribution is 2.45. The van der Waals surface area contributed by atoms with Gasteiger partial charge in [0.15, 0.2) is 17.3 Å². The van der Waals surface area contributed by atoms with Gasteiger partial charge in [0.2, 0.25) is 0 Å². The number of hydrogen-bond donors (Lipinski definition) is 2. The van der Waals surface area contributed by atoms with Gasteiger partial charge in [-0.2, -0.15) is 0 Å². The molecule has 0 fully saturated rings. The summed E-state index contributed by atoms with van der Waals surface area (Å²) in [7, 11) is 3.24. The number of ether oxygens (including phenoxy) is 2. The van der Waals surface area contributed by atoms with Gasteiger partial charge in [0, 0.05) is 22.7 Å². The van der Waals surface area contributed by atoms with Gasteiger partial charge in [-0.25, -0.2) is 0 Å². The molecule has 0 spiro atoms. The van der Waals surface area contributed by atoms with Crippen molar-refractivity contribution in [2.75, 3.05) is 24.9 Å². The Hall–Kier alpha value is -3.44. The third-order valence-electron chi connectivity index (χ3n) is 6.37. The number of fused-ring (bicyclic) bond motifs is 1. The highest BCUT2D eigenvalue weighted by Gasteiger charge is 2.36. The van der Waals surface area contributed by atoms with E-state index in [1.54, 1.807) is 14.2 Å². The minimum atomic E-state index is -0.284. The number of halogens is 1. The van der Waals surface area contributed by atoms with Gasteiger partial charge in [-0.05, 0) is 59.9 Å². The number of para-hydroxylation sites is 2. The van der Waals surface area contributed by atoms with Crippen LogP contribution in [-0.4, -0.2) is 20.0 Å². The maximum Gasteiger partial charge on any atom is 0.163 e. The quantitative estimate of drug-likeness (QED) is 0.476. The smallest absolute Gasteiger partial charge is 0.163 e.